The summed E-state index contributed by atoms with van der Waals surface area (Å²) in [5.41, 5.74) is 0.792. The number of hydrogen-bond acceptors (Lipinski definition) is 6. The van der Waals surface area contributed by atoms with E-state index in [1.54, 1.807) is 18.2 Å². The summed E-state index contributed by atoms with van der Waals surface area (Å²) in [5.74, 6) is -1.93. The van der Waals surface area contributed by atoms with Gasteiger partial charge in [0, 0.05) is 25.2 Å². The number of phenolic OH excluding ortho intramolecular Hbond substituents is 1. The maximum absolute atomic E-state index is 13.2. The third-order valence-corrected chi connectivity index (χ3v) is 5.00. The Morgan fingerprint density at radius 2 is 1.97 bits per heavy atom. The third kappa shape index (κ3) is 5.32. The Labute approximate surface area is 174 Å². The number of para-hydroxylation sites is 1. The van der Waals surface area contributed by atoms with E-state index in [0.717, 1.165) is 23.5 Å². The second-order valence-corrected chi connectivity index (χ2v) is 7.25. The van der Waals surface area contributed by atoms with Crippen molar-refractivity contribution in [3.05, 3.63) is 53.6 Å². The summed E-state index contributed by atoms with van der Waals surface area (Å²) in [5, 5.41) is 14.8. The van der Waals surface area contributed by atoms with Gasteiger partial charge >= 0.3 is 12.1 Å². The molecule has 0 unspecified atom stereocenters. The lowest BCUT2D eigenvalue weighted by molar-refractivity contribution is 0.146. The zero-order valence-corrected chi connectivity index (χ0v) is 16.6. The zero-order chi connectivity index (χ0) is 21.7. The van der Waals surface area contributed by atoms with E-state index in [4.69, 9.17) is 4.74 Å². The van der Waals surface area contributed by atoms with Crippen molar-refractivity contribution in [2.24, 2.45) is 0 Å². The van der Waals surface area contributed by atoms with E-state index in [-0.39, 0.29) is 36.1 Å². The molecule has 0 radical (unpaired) electrons. The standard InChI is InChI=1S/C19H18F2N4O4S/c1-25(18(27)22-10-11-4-2-3-5-15(11)26)6-7-29-19(28)24-17-23-14-8-12(20)13(21)9-16(14)30-17/h2-5,8-9,26H,6-7,10H2,1H3,(H,22,27)(H,23,24,28). The second-order valence-electron chi connectivity index (χ2n) is 6.22. The number of benzene rings is 2. The topological polar surface area (TPSA) is 104 Å². The quantitative estimate of drug-likeness (QED) is 0.547. The van der Waals surface area contributed by atoms with Crippen LogP contribution in [-0.4, -0.2) is 47.3 Å². The first-order chi connectivity index (χ1) is 14.3. The van der Waals surface area contributed by atoms with E-state index in [0.29, 0.717) is 10.3 Å². The van der Waals surface area contributed by atoms with Crippen LogP contribution in [0.2, 0.25) is 0 Å². The molecule has 158 valence electrons. The Morgan fingerprint density at radius 3 is 2.73 bits per heavy atom. The number of phenols is 1. The molecule has 3 rings (SSSR count). The molecular formula is C19H18F2N4O4S. The number of ether oxygens (including phenoxy) is 1. The Morgan fingerprint density at radius 1 is 1.23 bits per heavy atom. The number of carbonyl (C=O) groups excluding carboxylic acids is 2. The lowest BCUT2D eigenvalue weighted by Crippen LogP contribution is -2.39. The molecule has 0 bridgehead atoms. The molecule has 1 heterocycles. The molecular weight excluding hydrogens is 418 g/mol. The number of urea groups is 1. The van der Waals surface area contributed by atoms with Crippen LogP contribution in [0.1, 0.15) is 5.56 Å². The van der Waals surface area contributed by atoms with E-state index >= 15 is 0 Å². The van der Waals surface area contributed by atoms with Crippen LogP contribution in [0.25, 0.3) is 10.2 Å². The van der Waals surface area contributed by atoms with Crippen molar-refractivity contribution in [1.82, 2.24) is 15.2 Å². The van der Waals surface area contributed by atoms with E-state index in [1.807, 2.05) is 0 Å². The largest absolute Gasteiger partial charge is 0.508 e. The van der Waals surface area contributed by atoms with Gasteiger partial charge in [0.25, 0.3) is 0 Å². The smallest absolute Gasteiger partial charge is 0.413 e. The Balaban J connectivity index is 1.42. The summed E-state index contributed by atoms with van der Waals surface area (Å²) in [7, 11) is 1.53. The van der Waals surface area contributed by atoms with Crippen LogP contribution in [0, 0.1) is 11.6 Å². The van der Waals surface area contributed by atoms with Gasteiger partial charge in [0.15, 0.2) is 16.8 Å². The maximum Gasteiger partial charge on any atom is 0.413 e. The molecule has 0 aliphatic heterocycles. The molecule has 3 aromatic rings. The van der Waals surface area contributed by atoms with Crippen molar-refractivity contribution in [1.29, 1.82) is 0 Å². The van der Waals surface area contributed by atoms with Crippen molar-refractivity contribution >= 4 is 38.8 Å². The second kappa shape index (κ2) is 9.35. The van der Waals surface area contributed by atoms with Crippen molar-refractivity contribution < 1.29 is 28.2 Å². The highest BCUT2D eigenvalue weighted by molar-refractivity contribution is 7.22. The van der Waals surface area contributed by atoms with Crippen LogP contribution >= 0.6 is 11.3 Å². The number of nitrogens with zero attached hydrogens (tertiary/aromatic N) is 2. The Hall–Kier alpha value is -3.47. The number of carbonyl (C=O) groups is 2. The third-order valence-electron chi connectivity index (χ3n) is 4.07. The van der Waals surface area contributed by atoms with Gasteiger partial charge in [-0.2, -0.15) is 0 Å². The van der Waals surface area contributed by atoms with Crippen LogP contribution < -0.4 is 10.6 Å². The number of rotatable bonds is 6. The van der Waals surface area contributed by atoms with Crippen LogP contribution in [0.3, 0.4) is 0 Å². The van der Waals surface area contributed by atoms with Crippen LogP contribution in [0.5, 0.6) is 5.75 Å². The number of fused-ring (bicyclic) bond motifs is 1. The summed E-state index contributed by atoms with van der Waals surface area (Å²) in [6, 6.07) is 8.18. The average Bonchev–Trinajstić information content (AvgIpc) is 3.08. The number of nitrogens with one attached hydrogen (secondary N) is 2. The molecule has 0 spiro atoms. The van der Waals surface area contributed by atoms with E-state index in [1.165, 1.54) is 18.0 Å². The first kappa shape index (κ1) is 21.2. The first-order valence-electron chi connectivity index (χ1n) is 8.78. The predicted molar refractivity (Wildman–Crippen MR) is 107 cm³/mol. The van der Waals surface area contributed by atoms with Gasteiger partial charge in [-0.05, 0) is 12.1 Å². The molecule has 0 aliphatic carbocycles. The van der Waals surface area contributed by atoms with Crippen LogP contribution in [0.4, 0.5) is 23.5 Å². The molecule has 3 amide bonds. The number of hydrogen-bond donors (Lipinski definition) is 3. The molecule has 0 aliphatic rings. The molecule has 30 heavy (non-hydrogen) atoms. The number of amides is 3. The Kier molecular flexibility index (Phi) is 6.62. The van der Waals surface area contributed by atoms with E-state index in [9.17, 15) is 23.5 Å². The molecule has 8 nitrogen and oxygen atoms in total. The number of aromatic nitrogens is 1. The van der Waals surface area contributed by atoms with E-state index in [2.05, 4.69) is 15.6 Å². The van der Waals surface area contributed by atoms with Gasteiger partial charge in [0.05, 0.1) is 16.8 Å². The van der Waals surface area contributed by atoms with Gasteiger partial charge in [-0.1, -0.05) is 29.5 Å². The summed E-state index contributed by atoms with van der Waals surface area (Å²) >= 11 is 0.974. The maximum atomic E-state index is 13.2. The lowest BCUT2D eigenvalue weighted by Gasteiger charge is -2.18. The molecule has 2 aromatic carbocycles. The zero-order valence-electron chi connectivity index (χ0n) is 15.8. The van der Waals surface area contributed by atoms with Gasteiger partial charge in [0.1, 0.15) is 12.4 Å². The minimum atomic E-state index is -1.02. The summed E-state index contributed by atoms with van der Waals surface area (Å²) in [4.78, 5) is 29.2. The fraction of sp³-hybridized carbons (Fsp3) is 0.211. The fourth-order valence-electron chi connectivity index (χ4n) is 2.44. The summed E-state index contributed by atoms with van der Waals surface area (Å²) < 4.78 is 31.8. The molecule has 0 atom stereocenters. The van der Waals surface area contributed by atoms with Gasteiger partial charge in [-0.15, -0.1) is 0 Å². The number of aromatic hydroxyl groups is 1. The van der Waals surface area contributed by atoms with Crippen LogP contribution in [-0.2, 0) is 11.3 Å². The van der Waals surface area contributed by atoms with Gasteiger partial charge in [-0.3, -0.25) is 5.32 Å². The number of anilines is 1. The molecule has 0 saturated heterocycles. The van der Waals surface area contributed by atoms with Crippen molar-refractivity contribution in [3.8, 4) is 5.75 Å². The highest BCUT2D eigenvalue weighted by Crippen LogP contribution is 2.27. The summed E-state index contributed by atoms with van der Waals surface area (Å²) in [6.07, 6.45) is -0.807. The highest BCUT2D eigenvalue weighted by Gasteiger charge is 2.13. The molecule has 3 N–H and O–H groups in total. The summed E-state index contributed by atoms with van der Waals surface area (Å²) in [6.45, 7) is 0.187. The lowest BCUT2D eigenvalue weighted by atomic mass is 10.2. The Bertz CT molecular complexity index is 1040. The normalized spacial score (nSPS) is 10.6. The van der Waals surface area contributed by atoms with Crippen molar-refractivity contribution in [2.75, 3.05) is 25.5 Å². The average molecular weight is 436 g/mol. The van der Waals surface area contributed by atoms with Gasteiger partial charge in [0.2, 0.25) is 0 Å². The number of thiazole rings is 1. The minimum absolute atomic E-state index is 0.0828. The monoisotopic (exact) mass is 436 g/mol. The van der Waals surface area contributed by atoms with Gasteiger partial charge < -0.3 is 20.1 Å². The molecule has 11 heteroatoms. The highest BCUT2D eigenvalue weighted by atomic mass is 32.1. The number of likely N-dealkylation sites (N-methyl/N-ethyl adjacent to an activating group) is 1. The number of halogens is 2. The van der Waals surface area contributed by atoms with Gasteiger partial charge in [-0.25, -0.2) is 23.4 Å². The SMILES string of the molecule is CN(CCOC(=O)Nc1nc2cc(F)c(F)cc2s1)C(=O)NCc1ccccc1O. The van der Waals surface area contributed by atoms with Crippen molar-refractivity contribution in [3.63, 3.8) is 0 Å². The minimum Gasteiger partial charge on any atom is -0.508 e. The molecule has 0 saturated carbocycles. The first-order valence-corrected chi connectivity index (χ1v) is 9.60. The molecule has 0 fully saturated rings. The molecule has 1 aromatic heterocycles. The van der Waals surface area contributed by atoms with Crippen LogP contribution in [0.15, 0.2) is 36.4 Å². The van der Waals surface area contributed by atoms with E-state index < -0.39 is 23.8 Å². The predicted octanol–water partition coefficient (Wildman–Crippen LogP) is 3.67. The van der Waals surface area contributed by atoms with Crippen molar-refractivity contribution in [2.45, 2.75) is 6.54 Å². The fourth-order valence-corrected chi connectivity index (χ4v) is 3.30.